The predicted molar refractivity (Wildman–Crippen MR) is 83.5 cm³/mol. The molecule has 18 heavy (non-hydrogen) atoms. The Hall–Kier alpha value is 0.1000. The van der Waals surface area contributed by atoms with Gasteiger partial charge in [0, 0.05) is 34.0 Å². The summed E-state index contributed by atoms with van der Waals surface area (Å²) in [7, 11) is 0. The maximum atomic E-state index is 5.41. The lowest BCUT2D eigenvalue weighted by Gasteiger charge is -2.17. The minimum Gasteiger partial charge on any atom is -0.382 e. The molecule has 4 heteroatoms. The first-order valence-corrected chi connectivity index (χ1v) is 8.47. The van der Waals surface area contributed by atoms with Gasteiger partial charge in [0.2, 0.25) is 0 Å². The molecule has 0 fully saturated rings. The molecule has 1 heterocycles. The first-order chi connectivity index (χ1) is 8.76. The van der Waals surface area contributed by atoms with Gasteiger partial charge < -0.3 is 10.1 Å². The van der Waals surface area contributed by atoms with Crippen LogP contribution in [0, 0.1) is 0 Å². The van der Waals surface area contributed by atoms with Gasteiger partial charge in [-0.1, -0.05) is 6.92 Å². The zero-order valence-corrected chi connectivity index (χ0v) is 13.8. The molecule has 1 unspecified atom stereocenters. The van der Waals surface area contributed by atoms with Gasteiger partial charge in [-0.15, -0.1) is 11.3 Å². The molecule has 0 bridgehead atoms. The average Bonchev–Trinajstić information content (AvgIpc) is 2.77. The number of nitrogens with one attached hydrogen (secondary N) is 1. The Bertz CT molecular complexity index is 316. The van der Waals surface area contributed by atoms with Crippen LogP contribution in [0.2, 0.25) is 0 Å². The van der Waals surface area contributed by atoms with Crippen molar-refractivity contribution in [3.63, 3.8) is 0 Å². The summed E-state index contributed by atoms with van der Waals surface area (Å²) >= 11 is 5.35. The molecule has 0 saturated carbocycles. The summed E-state index contributed by atoms with van der Waals surface area (Å²) in [6, 6.07) is 2.81. The van der Waals surface area contributed by atoms with Gasteiger partial charge in [-0.25, -0.2) is 0 Å². The Morgan fingerprint density at radius 2 is 2.28 bits per heavy atom. The van der Waals surface area contributed by atoms with Gasteiger partial charge in [0.05, 0.1) is 0 Å². The SMILES string of the molecule is CCCNC(CCCOCC)Cc1cc(Br)cs1. The summed E-state index contributed by atoms with van der Waals surface area (Å²) in [5.74, 6) is 0. The van der Waals surface area contributed by atoms with Crippen molar-refractivity contribution < 1.29 is 4.74 Å². The molecule has 2 nitrogen and oxygen atoms in total. The van der Waals surface area contributed by atoms with Gasteiger partial charge in [-0.3, -0.25) is 0 Å². The van der Waals surface area contributed by atoms with E-state index in [2.05, 4.69) is 46.5 Å². The lowest BCUT2D eigenvalue weighted by atomic mass is 10.1. The quantitative estimate of drug-likeness (QED) is 0.646. The summed E-state index contributed by atoms with van der Waals surface area (Å²) in [6.07, 6.45) is 4.65. The van der Waals surface area contributed by atoms with Crippen LogP contribution < -0.4 is 5.32 Å². The van der Waals surface area contributed by atoms with Crippen LogP contribution in [-0.4, -0.2) is 25.8 Å². The normalized spacial score (nSPS) is 12.8. The van der Waals surface area contributed by atoms with Gasteiger partial charge in [0.15, 0.2) is 0 Å². The van der Waals surface area contributed by atoms with Crippen molar-refractivity contribution in [1.29, 1.82) is 0 Å². The van der Waals surface area contributed by atoms with E-state index >= 15 is 0 Å². The maximum absolute atomic E-state index is 5.41. The number of ether oxygens (including phenoxy) is 1. The topological polar surface area (TPSA) is 21.3 Å². The van der Waals surface area contributed by atoms with Crippen LogP contribution in [0.3, 0.4) is 0 Å². The van der Waals surface area contributed by atoms with E-state index in [1.165, 1.54) is 22.2 Å². The lowest BCUT2D eigenvalue weighted by molar-refractivity contribution is 0.140. The van der Waals surface area contributed by atoms with Crippen LogP contribution in [0.25, 0.3) is 0 Å². The minimum atomic E-state index is 0.580. The van der Waals surface area contributed by atoms with Crippen LogP contribution >= 0.6 is 27.3 Å². The zero-order chi connectivity index (χ0) is 13.2. The van der Waals surface area contributed by atoms with Crippen LogP contribution in [0.4, 0.5) is 0 Å². The van der Waals surface area contributed by atoms with Crippen molar-refractivity contribution in [2.24, 2.45) is 0 Å². The highest BCUT2D eigenvalue weighted by Gasteiger charge is 2.10. The number of hydrogen-bond donors (Lipinski definition) is 1. The second kappa shape index (κ2) is 9.96. The summed E-state index contributed by atoms with van der Waals surface area (Å²) in [4.78, 5) is 1.45. The third-order valence-corrected chi connectivity index (χ3v) is 4.52. The zero-order valence-electron chi connectivity index (χ0n) is 11.4. The maximum Gasteiger partial charge on any atom is 0.0466 e. The Labute approximate surface area is 123 Å². The molecule has 0 amide bonds. The van der Waals surface area contributed by atoms with Crippen molar-refractivity contribution >= 4 is 27.3 Å². The summed E-state index contributed by atoms with van der Waals surface area (Å²) in [5, 5.41) is 5.80. The third kappa shape index (κ3) is 6.88. The molecule has 1 N–H and O–H groups in total. The minimum absolute atomic E-state index is 0.580. The van der Waals surface area contributed by atoms with Crippen LogP contribution in [0.5, 0.6) is 0 Å². The van der Waals surface area contributed by atoms with Crippen molar-refractivity contribution in [3.8, 4) is 0 Å². The lowest BCUT2D eigenvalue weighted by Crippen LogP contribution is -2.31. The molecule has 1 aromatic rings. The number of thiophene rings is 1. The van der Waals surface area contributed by atoms with Crippen LogP contribution in [0.15, 0.2) is 15.9 Å². The Morgan fingerprint density at radius 3 is 2.89 bits per heavy atom. The molecule has 1 rings (SSSR count). The van der Waals surface area contributed by atoms with E-state index < -0.39 is 0 Å². The average molecular weight is 334 g/mol. The van der Waals surface area contributed by atoms with E-state index in [4.69, 9.17) is 4.74 Å². The highest BCUT2D eigenvalue weighted by atomic mass is 79.9. The molecule has 0 aliphatic rings. The van der Waals surface area contributed by atoms with Gasteiger partial charge in [-0.05, 0) is 61.1 Å². The molecule has 1 atom stereocenters. The van der Waals surface area contributed by atoms with Crippen molar-refractivity contribution in [2.45, 2.75) is 45.6 Å². The van der Waals surface area contributed by atoms with Gasteiger partial charge >= 0.3 is 0 Å². The fourth-order valence-corrected chi connectivity index (χ4v) is 3.44. The van der Waals surface area contributed by atoms with Gasteiger partial charge in [0.25, 0.3) is 0 Å². The van der Waals surface area contributed by atoms with Crippen molar-refractivity contribution in [1.82, 2.24) is 5.32 Å². The molecule has 0 aliphatic heterocycles. The van der Waals surface area contributed by atoms with E-state index in [1.807, 2.05) is 11.3 Å². The molecule has 0 aliphatic carbocycles. The first kappa shape index (κ1) is 16.2. The standard InChI is InChI=1S/C14H24BrNOS/c1-3-7-16-13(6-5-8-17-4-2)10-14-9-12(15)11-18-14/h9,11,13,16H,3-8,10H2,1-2H3. The summed E-state index contributed by atoms with van der Waals surface area (Å²) in [6.45, 7) is 7.08. The Morgan fingerprint density at radius 1 is 1.44 bits per heavy atom. The van der Waals surface area contributed by atoms with E-state index in [-0.39, 0.29) is 0 Å². The Balaban J connectivity index is 2.34. The van der Waals surface area contributed by atoms with Crippen LogP contribution in [-0.2, 0) is 11.2 Å². The molecule has 0 saturated heterocycles. The van der Waals surface area contributed by atoms with E-state index in [1.54, 1.807) is 0 Å². The molecule has 0 spiro atoms. The highest BCUT2D eigenvalue weighted by molar-refractivity contribution is 9.10. The molecule has 104 valence electrons. The molecule has 0 aromatic carbocycles. The second-order valence-corrected chi connectivity index (χ2v) is 6.34. The fraction of sp³-hybridized carbons (Fsp3) is 0.714. The van der Waals surface area contributed by atoms with Gasteiger partial charge in [-0.2, -0.15) is 0 Å². The summed E-state index contributed by atoms with van der Waals surface area (Å²) in [5.41, 5.74) is 0. The fourth-order valence-electron chi connectivity index (χ4n) is 1.90. The first-order valence-electron chi connectivity index (χ1n) is 6.80. The largest absolute Gasteiger partial charge is 0.382 e. The number of halogens is 1. The molecule has 0 radical (unpaired) electrons. The van der Waals surface area contributed by atoms with Crippen LogP contribution in [0.1, 0.15) is 38.0 Å². The smallest absolute Gasteiger partial charge is 0.0466 e. The van der Waals surface area contributed by atoms with E-state index in [9.17, 15) is 0 Å². The molecule has 1 aromatic heterocycles. The third-order valence-electron chi connectivity index (χ3n) is 2.80. The number of rotatable bonds is 10. The monoisotopic (exact) mass is 333 g/mol. The van der Waals surface area contributed by atoms with E-state index in [0.29, 0.717) is 6.04 Å². The summed E-state index contributed by atoms with van der Waals surface area (Å²) < 4.78 is 6.61. The van der Waals surface area contributed by atoms with Crippen molar-refractivity contribution in [2.75, 3.05) is 19.8 Å². The number of hydrogen-bond acceptors (Lipinski definition) is 3. The van der Waals surface area contributed by atoms with Gasteiger partial charge in [0.1, 0.15) is 0 Å². The second-order valence-electron chi connectivity index (χ2n) is 4.43. The molecular weight excluding hydrogens is 310 g/mol. The van der Waals surface area contributed by atoms with E-state index in [0.717, 1.165) is 32.6 Å². The Kier molecular flexibility index (Phi) is 8.94. The predicted octanol–water partition coefficient (Wildman–Crippen LogP) is 4.24. The van der Waals surface area contributed by atoms with Crippen molar-refractivity contribution in [3.05, 3.63) is 20.8 Å². The highest BCUT2D eigenvalue weighted by Crippen LogP contribution is 2.21. The molecular formula is C14H24BrNOS.